The molecule has 0 bridgehead atoms. The average Bonchev–Trinajstić information content (AvgIpc) is 2.76. The fourth-order valence-electron chi connectivity index (χ4n) is 5.55. The Morgan fingerprint density at radius 3 is 2.78 bits per heavy atom. The minimum atomic E-state index is -3.14. The Balaban J connectivity index is 1.18. The largest absolute Gasteiger partial charge is 0.375 e. The van der Waals surface area contributed by atoms with E-state index in [-0.39, 0.29) is 11.5 Å². The maximum absolute atomic E-state index is 12.6. The second-order valence-corrected chi connectivity index (χ2v) is 11.7. The lowest BCUT2D eigenvalue weighted by atomic mass is 9.78. The molecule has 8 heteroatoms. The lowest BCUT2D eigenvalue weighted by Crippen LogP contribution is -2.50. The number of carbonyl (C=O) groups is 1. The predicted molar refractivity (Wildman–Crippen MR) is 126 cm³/mol. The summed E-state index contributed by atoms with van der Waals surface area (Å²) < 4.78 is 31.2. The minimum Gasteiger partial charge on any atom is -0.375 e. The average molecular weight is 464 g/mol. The molecule has 7 nitrogen and oxygen atoms in total. The number of ether oxygens (including phenoxy) is 1. The van der Waals surface area contributed by atoms with Gasteiger partial charge in [0.2, 0.25) is 15.9 Å². The second kappa shape index (κ2) is 10.1. The number of rotatable bonds is 7. The van der Waals surface area contributed by atoms with Gasteiger partial charge < -0.3 is 15.0 Å². The Hall–Kier alpha value is -1.64. The minimum absolute atomic E-state index is 0.125. The van der Waals surface area contributed by atoms with E-state index < -0.39 is 10.0 Å². The maximum Gasteiger partial charge on any atom is 0.220 e. The van der Waals surface area contributed by atoms with Crippen LogP contribution in [-0.2, 0) is 26.0 Å². The van der Waals surface area contributed by atoms with Crippen molar-refractivity contribution in [1.82, 2.24) is 9.62 Å². The van der Waals surface area contributed by atoms with Crippen molar-refractivity contribution in [3.05, 3.63) is 29.8 Å². The molecule has 0 aromatic heterocycles. The highest BCUT2D eigenvalue weighted by atomic mass is 32.2. The van der Waals surface area contributed by atoms with E-state index in [1.165, 1.54) is 23.9 Å². The number of anilines is 1. The fourth-order valence-corrected chi connectivity index (χ4v) is 6.40. The number of benzene rings is 1. The van der Waals surface area contributed by atoms with Gasteiger partial charge in [0.25, 0.3) is 0 Å². The van der Waals surface area contributed by atoms with Gasteiger partial charge in [0.1, 0.15) is 0 Å². The normalized spacial score (nSPS) is 23.7. The first-order valence-corrected chi connectivity index (χ1v) is 13.9. The number of hydrogen-bond acceptors (Lipinski definition) is 5. The van der Waals surface area contributed by atoms with Crippen LogP contribution in [0.15, 0.2) is 24.3 Å². The van der Waals surface area contributed by atoms with Crippen molar-refractivity contribution in [2.45, 2.75) is 57.0 Å². The van der Waals surface area contributed by atoms with E-state index in [1.807, 2.05) is 0 Å². The molecule has 178 valence electrons. The first-order valence-electron chi connectivity index (χ1n) is 12.0. The molecular weight excluding hydrogens is 426 g/mol. The van der Waals surface area contributed by atoms with Crippen LogP contribution >= 0.6 is 0 Å². The summed E-state index contributed by atoms with van der Waals surface area (Å²) in [5.41, 5.74) is 2.52. The molecule has 2 fully saturated rings. The first kappa shape index (κ1) is 23.5. The van der Waals surface area contributed by atoms with Crippen LogP contribution in [0.2, 0.25) is 0 Å². The molecule has 0 saturated carbocycles. The standard InChI is InChI=1S/C24H37N3O4S/c1-32(29,30)27-15-10-24(11-16-27)19-20(9-17-31-24)18-23(28)25-12-5-14-26-13-4-7-21-6-2-3-8-22(21)26/h2-3,6,8,20H,4-5,7,9-19H2,1H3,(H,25,28). The third-order valence-electron chi connectivity index (χ3n) is 7.31. The number of hydrogen-bond donors (Lipinski definition) is 1. The van der Waals surface area contributed by atoms with Gasteiger partial charge in [0.05, 0.1) is 11.9 Å². The summed E-state index contributed by atoms with van der Waals surface area (Å²) in [6.45, 7) is 4.44. The molecule has 0 aliphatic carbocycles. The number of nitrogens with one attached hydrogen (secondary N) is 1. The van der Waals surface area contributed by atoms with Crippen molar-refractivity contribution in [3.8, 4) is 0 Å². The monoisotopic (exact) mass is 463 g/mol. The number of piperidine rings is 1. The van der Waals surface area contributed by atoms with Gasteiger partial charge in [-0.1, -0.05) is 18.2 Å². The summed E-state index contributed by atoms with van der Waals surface area (Å²) in [6.07, 6.45) is 8.28. The maximum atomic E-state index is 12.6. The van der Waals surface area contributed by atoms with Gasteiger partial charge in [-0.2, -0.15) is 0 Å². The van der Waals surface area contributed by atoms with E-state index in [0.29, 0.717) is 38.6 Å². The predicted octanol–water partition coefficient (Wildman–Crippen LogP) is 2.56. The number of fused-ring (bicyclic) bond motifs is 1. The Labute approximate surface area is 192 Å². The van der Waals surface area contributed by atoms with E-state index in [2.05, 4.69) is 34.5 Å². The molecule has 3 aliphatic heterocycles. The molecule has 1 aromatic carbocycles. The molecule has 1 N–H and O–H groups in total. The lowest BCUT2D eigenvalue weighted by Gasteiger charge is -2.45. The third-order valence-corrected chi connectivity index (χ3v) is 8.61. The van der Waals surface area contributed by atoms with E-state index in [4.69, 9.17) is 4.74 Å². The van der Waals surface area contributed by atoms with E-state index >= 15 is 0 Å². The van der Waals surface area contributed by atoms with E-state index in [0.717, 1.165) is 51.6 Å². The van der Waals surface area contributed by atoms with Gasteiger partial charge >= 0.3 is 0 Å². The molecule has 1 spiro atoms. The van der Waals surface area contributed by atoms with Crippen LogP contribution in [0.1, 0.15) is 50.5 Å². The van der Waals surface area contributed by atoms with Crippen LogP contribution in [0.3, 0.4) is 0 Å². The highest BCUT2D eigenvalue weighted by Crippen LogP contribution is 2.39. The number of aryl methyl sites for hydroxylation is 1. The number of amides is 1. The van der Waals surface area contributed by atoms with Crippen LogP contribution in [0.25, 0.3) is 0 Å². The molecule has 3 heterocycles. The number of nitrogens with zero attached hydrogens (tertiary/aromatic N) is 2. The summed E-state index contributed by atoms with van der Waals surface area (Å²) in [6, 6.07) is 8.63. The van der Waals surface area contributed by atoms with Crippen LogP contribution in [-0.4, -0.2) is 69.8 Å². The number of para-hydroxylation sites is 1. The van der Waals surface area contributed by atoms with E-state index in [1.54, 1.807) is 4.31 Å². The Morgan fingerprint density at radius 1 is 1.22 bits per heavy atom. The summed E-state index contributed by atoms with van der Waals surface area (Å²) in [5.74, 6) is 0.433. The summed E-state index contributed by atoms with van der Waals surface area (Å²) in [5, 5.41) is 3.12. The highest BCUT2D eigenvalue weighted by Gasteiger charge is 2.42. The van der Waals surface area contributed by atoms with Gasteiger partial charge in [-0.25, -0.2) is 12.7 Å². The molecular formula is C24H37N3O4S. The van der Waals surface area contributed by atoms with Crippen molar-refractivity contribution in [3.63, 3.8) is 0 Å². The zero-order valence-electron chi connectivity index (χ0n) is 19.2. The number of carbonyl (C=O) groups excluding carboxylic acids is 1. The van der Waals surface area contributed by atoms with Crippen molar-refractivity contribution in [2.24, 2.45) is 5.92 Å². The molecule has 1 atom stereocenters. The Bertz CT molecular complexity index is 896. The van der Waals surface area contributed by atoms with Crippen molar-refractivity contribution in [1.29, 1.82) is 0 Å². The molecule has 3 aliphatic rings. The van der Waals surface area contributed by atoms with Crippen LogP contribution in [0.5, 0.6) is 0 Å². The first-order chi connectivity index (χ1) is 15.3. The molecule has 4 rings (SSSR count). The third kappa shape index (κ3) is 5.83. The SMILES string of the molecule is CS(=O)(=O)N1CCC2(CC1)CC(CC(=O)NCCCN1CCCc3ccccc31)CCO2. The second-order valence-electron chi connectivity index (χ2n) is 9.68. The van der Waals surface area contributed by atoms with Gasteiger partial charge in [-0.15, -0.1) is 0 Å². The summed E-state index contributed by atoms with van der Waals surface area (Å²) in [4.78, 5) is 15.0. The van der Waals surface area contributed by atoms with Crippen molar-refractivity contribution < 1.29 is 17.9 Å². The fraction of sp³-hybridized carbons (Fsp3) is 0.708. The summed E-state index contributed by atoms with van der Waals surface area (Å²) in [7, 11) is -3.14. The zero-order chi connectivity index (χ0) is 22.6. The van der Waals surface area contributed by atoms with Crippen molar-refractivity contribution >= 4 is 21.6 Å². The molecule has 1 aromatic rings. The van der Waals surface area contributed by atoms with E-state index in [9.17, 15) is 13.2 Å². The van der Waals surface area contributed by atoms with Gasteiger partial charge in [-0.3, -0.25) is 4.79 Å². The quantitative estimate of drug-likeness (QED) is 0.629. The summed E-state index contributed by atoms with van der Waals surface area (Å²) >= 11 is 0. The van der Waals surface area contributed by atoms with Crippen molar-refractivity contribution in [2.75, 3.05) is 50.5 Å². The molecule has 0 radical (unpaired) electrons. The molecule has 2 saturated heterocycles. The number of sulfonamides is 1. The van der Waals surface area contributed by atoms with Gasteiger partial charge in [0, 0.05) is 51.4 Å². The molecule has 1 amide bonds. The van der Waals surface area contributed by atoms with Crippen LogP contribution in [0, 0.1) is 5.92 Å². The van der Waals surface area contributed by atoms with Gasteiger partial charge in [0.15, 0.2) is 0 Å². The highest BCUT2D eigenvalue weighted by molar-refractivity contribution is 7.88. The Kier molecular flexibility index (Phi) is 7.42. The molecule has 32 heavy (non-hydrogen) atoms. The van der Waals surface area contributed by atoms with Crippen LogP contribution in [0.4, 0.5) is 5.69 Å². The Morgan fingerprint density at radius 2 is 2.00 bits per heavy atom. The van der Waals surface area contributed by atoms with Crippen LogP contribution < -0.4 is 10.2 Å². The van der Waals surface area contributed by atoms with Gasteiger partial charge in [-0.05, 0) is 62.5 Å². The zero-order valence-corrected chi connectivity index (χ0v) is 20.0. The molecule has 1 unspecified atom stereocenters. The smallest absolute Gasteiger partial charge is 0.220 e. The topological polar surface area (TPSA) is 79.0 Å². The lowest BCUT2D eigenvalue weighted by molar-refractivity contribution is -0.132.